The summed E-state index contributed by atoms with van der Waals surface area (Å²) in [4.78, 5) is 24.3. The van der Waals surface area contributed by atoms with Gasteiger partial charge in [-0.25, -0.2) is 0 Å². The molecule has 0 bridgehead atoms. The van der Waals surface area contributed by atoms with Gasteiger partial charge in [0.2, 0.25) is 6.29 Å². The van der Waals surface area contributed by atoms with E-state index in [1.807, 2.05) is 0 Å². The van der Waals surface area contributed by atoms with Gasteiger partial charge in [-0.15, -0.1) is 0 Å². The molecule has 0 radical (unpaired) electrons. The second-order valence-electron chi connectivity index (χ2n) is 9.50. The number of fused-ring (bicyclic) bond motifs is 5. The van der Waals surface area contributed by atoms with E-state index >= 15 is 0 Å². The first kappa shape index (κ1) is 18.3. The van der Waals surface area contributed by atoms with Crippen molar-refractivity contribution in [3.8, 4) is 0 Å². The number of hydrogen-bond acceptors (Lipinski definition) is 5. The van der Waals surface area contributed by atoms with Crippen LogP contribution in [0.25, 0.3) is 0 Å². The van der Waals surface area contributed by atoms with Crippen molar-refractivity contribution in [2.75, 3.05) is 0 Å². The standard InChI is InChI=1S/C21H30O5/c1-20-8-7-15-13(14(20)5-6-16(20)18(24)19(25)26)4-3-11-9-12(22)10-17(23)21(11,15)2/h9,13-17,19,23,25-26H,3-8,10H2,1-2H3/t13-,14-,15-,16+,17?,20-,21-/m0/s1. The van der Waals surface area contributed by atoms with Crippen molar-refractivity contribution in [3.63, 3.8) is 0 Å². The lowest BCUT2D eigenvalue weighted by molar-refractivity contribution is -0.157. The van der Waals surface area contributed by atoms with Crippen LogP contribution in [-0.2, 0) is 9.59 Å². The number of aliphatic hydroxyl groups excluding tert-OH is 2. The molecule has 0 aromatic heterocycles. The predicted molar refractivity (Wildman–Crippen MR) is 94.8 cm³/mol. The minimum Gasteiger partial charge on any atom is -0.392 e. The van der Waals surface area contributed by atoms with Crippen LogP contribution in [0.4, 0.5) is 0 Å². The molecular formula is C21H30O5. The van der Waals surface area contributed by atoms with E-state index in [1.165, 1.54) is 0 Å². The van der Waals surface area contributed by atoms with E-state index in [2.05, 4.69) is 13.8 Å². The molecule has 4 aliphatic carbocycles. The Morgan fingerprint density at radius 1 is 1.15 bits per heavy atom. The summed E-state index contributed by atoms with van der Waals surface area (Å²) in [6, 6.07) is 0. The molecule has 4 rings (SSSR count). The van der Waals surface area contributed by atoms with Gasteiger partial charge in [0.1, 0.15) is 0 Å². The topological polar surface area (TPSA) is 94.8 Å². The molecule has 26 heavy (non-hydrogen) atoms. The molecule has 4 aliphatic rings. The number of Topliss-reactive ketones (excluding diaryl/α,β-unsaturated/α-hetero) is 1. The summed E-state index contributed by atoms with van der Waals surface area (Å²) >= 11 is 0. The summed E-state index contributed by atoms with van der Waals surface area (Å²) in [5, 5.41) is 29.6. The Bertz CT molecular complexity index is 667. The first-order chi connectivity index (χ1) is 12.2. The maximum absolute atomic E-state index is 12.4. The van der Waals surface area contributed by atoms with Gasteiger partial charge in [0.25, 0.3) is 0 Å². The average molecular weight is 362 g/mol. The van der Waals surface area contributed by atoms with E-state index in [0.29, 0.717) is 17.8 Å². The Kier molecular flexibility index (Phi) is 4.22. The number of aliphatic hydroxyl groups is 3. The quantitative estimate of drug-likeness (QED) is 0.653. The van der Waals surface area contributed by atoms with Crippen molar-refractivity contribution in [2.45, 2.75) is 71.2 Å². The molecule has 0 aliphatic heterocycles. The molecule has 144 valence electrons. The van der Waals surface area contributed by atoms with Crippen molar-refractivity contribution in [3.05, 3.63) is 11.6 Å². The monoisotopic (exact) mass is 362 g/mol. The van der Waals surface area contributed by atoms with Crippen molar-refractivity contribution in [1.82, 2.24) is 0 Å². The van der Waals surface area contributed by atoms with Gasteiger partial charge in [0, 0.05) is 17.8 Å². The van der Waals surface area contributed by atoms with E-state index in [4.69, 9.17) is 0 Å². The van der Waals surface area contributed by atoms with Crippen LogP contribution in [0.15, 0.2) is 11.6 Å². The fourth-order valence-corrected chi connectivity index (χ4v) is 7.26. The van der Waals surface area contributed by atoms with Crippen LogP contribution in [-0.4, -0.2) is 39.3 Å². The molecule has 0 spiro atoms. The van der Waals surface area contributed by atoms with Gasteiger partial charge in [-0.3, -0.25) is 9.59 Å². The molecule has 0 saturated heterocycles. The normalized spacial score (nSPS) is 47.8. The van der Waals surface area contributed by atoms with Crippen LogP contribution in [0.3, 0.4) is 0 Å². The lowest BCUT2D eigenvalue weighted by atomic mass is 9.46. The summed E-state index contributed by atoms with van der Waals surface area (Å²) < 4.78 is 0. The highest BCUT2D eigenvalue weighted by atomic mass is 16.5. The Morgan fingerprint density at radius 3 is 2.58 bits per heavy atom. The highest BCUT2D eigenvalue weighted by Crippen LogP contribution is 2.66. The van der Waals surface area contributed by atoms with Gasteiger partial charge in [-0.05, 0) is 67.8 Å². The second-order valence-corrected chi connectivity index (χ2v) is 9.50. The van der Waals surface area contributed by atoms with Crippen molar-refractivity contribution in [1.29, 1.82) is 0 Å². The van der Waals surface area contributed by atoms with Crippen molar-refractivity contribution in [2.24, 2.45) is 34.5 Å². The van der Waals surface area contributed by atoms with Crippen LogP contribution in [0, 0.1) is 34.5 Å². The first-order valence-electron chi connectivity index (χ1n) is 10.0. The third-order valence-corrected chi connectivity index (χ3v) is 8.67. The van der Waals surface area contributed by atoms with Gasteiger partial charge < -0.3 is 15.3 Å². The number of ketones is 2. The molecule has 3 N–H and O–H groups in total. The van der Waals surface area contributed by atoms with E-state index in [1.54, 1.807) is 6.08 Å². The number of carbonyl (C=O) groups excluding carboxylic acids is 2. The van der Waals surface area contributed by atoms with Crippen molar-refractivity contribution >= 4 is 11.6 Å². The summed E-state index contributed by atoms with van der Waals surface area (Å²) in [5.74, 6) is 0.448. The van der Waals surface area contributed by atoms with Crippen LogP contribution in [0.2, 0.25) is 0 Å². The van der Waals surface area contributed by atoms with E-state index in [-0.39, 0.29) is 29.0 Å². The Hall–Kier alpha value is -1.04. The summed E-state index contributed by atoms with van der Waals surface area (Å²) in [5.41, 5.74) is 0.591. The zero-order valence-corrected chi connectivity index (χ0v) is 15.6. The highest BCUT2D eigenvalue weighted by Gasteiger charge is 2.62. The molecule has 0 aromatic carbocycles. The molecule has 0 aromatic rings. The molecule has 5 heteroatoms. The predicted octanol–water partition coefficient (Wildman–Crippen LogP) is 1.99. The SMILES string of the molecule is C[C@]12CC[C@H]3[C@@H](CCC4=CC(=O)CC(O)[C@@]43C)[C@@H]1CC[C@@H]2C(=O)C(O)O. The van der Waals surface area contributed by atoms with Gasteiger partial charge in [-0.1, -0.05) is 19.4 Å². The third kappa shape index (κ3) is 2.33. The Balaban J connectivity index is 1.66. The largest absolute Gasteiger partial charge is 0.392 e. The van der Waals surface area contributed by atoms with Gasteiger partial charge in [-0.2, -0.15) is 0 Å². The fraction of sp³-hybridized carbons (Fsp3) is 0.810. The minimum atomic E-state index is -1.88. The van der Waals surface area contributed by atoms with E-state index in [9.17, 15) is 24.9 Å². The third-order valence-electron chi connectivity index (χ3n) is 8.67. The number of carbonyl (C=O) groups is 2. The zero-order chi connectivity index (χ0) is 18.9. The number of hydrogen-bond donors (Lipinski definition) is 3. The van der Waals surface area contributed by atoms with Gasteiger partial charge >= 0.3 is 0 Å². The highest BCUT2D eigenvalue weighted by molar-refractivity contribution is 5.92. The molecule has 5 nitrogen and oxygen atoms in total. The van der Waals surface area contributed by atoms with E-state index in [0.717, 1.165) is 44.1 Å². The smallest absolute Gasteiger partial charge is 0.213 e. The average Bonchev–Trinajstić information content (AvgIpc) is 2.92. The molecule has 7 atom stereocenters. The minimum absolute atomic E-state index is 0.0348. The lowest BCUT2D eigenvalue weighted by Gasteiger charge is -2.59. The molecule has 0 heterocycles. The van der Waals surface area contributed by atoms with Crippen LogP contribution < -0.4 is 0 Å². The second kappa shape index (κ2) is 5.98. The fourth-order valence-electron chi connectivity index (χ4n) is 7.26. The Morgan fingerprint density at radius 2 is 1.88 bits per heavy atom. The summed E-state index contributed by atoms with van der Waals surface area (Å²) in [6.45, 7) is 4.28. The van der Waals surface area contributed by atoms with Crippen LogP contribution >= 0.6 is 0 Å². The maximum Gasteiger partial charge on any atom is 0.213 e. The summed E-state index contributed by atoms with van der Waals surface area (Å²) in [7, 11) is 0. The van der Waals surface area contributed by atoms with Crippen LogP contribution in [0.1, 0.15) is 58.8 Å². The van der Waals surface area contributed by atoms with E-state index < -0.39 is 18.2 Å². The van der Waals surface area contributed by atoms with Gasteiger partial charge in [0.15, 0.2) is 11.6 Å². The van der Waals surface area contributed by atoms with Crippen molar-refractivity contribution < 1.29 is 24.9 Å². The molecule has 0 amide bonds. The van der Waals surface area contributed by atoms with Crippen LogP contribution in [0.5, 0.6) is 0 Å². The lowest BCUT2D eigenvalue weighted by Crippen LogP contribution is -2.55. The molecule has 1 unspecified atom stereocenters. The zero-order valence-electron chi connectivity index (χ0n) is 15.6. The summed E-state index contributed by atoms with van der Waals surface area (Å²) in [6.07, 6.45) is 4.77. The molecular weight excluding hydrogens is 332 g/mol. The number of rotatable bonds is 2. The van der Waals surface area contributed by atoms with Gasteiger partial charge in [0.05, 0.1) is 6.10 Å². The molecule has 3 saturated carbocycles. The maximum atomic E-state index is 12.4. The molecule has 3 fully saturated rings. The first-order valence-corrected chi connectivity index (χ1v) is 10.0. The Labute approximate surface area is 154 Å².